The second-order valence-electron chi connectivity index (χ2n) is 5.70. The summed E-state index contributed by atoms with van der Waals surface area (Å²) in [5.41, 5.74) is 1.65. The third-order valence-electron chi connectivity index (χ3n) is 3.90. The van der Waals surface area contributed by atoms with Crippen molar-refractivity contribution in [3.63, 3.8) is 0 Å². The van der Waals surface area contributed by atoms with Crippen LogP contribution in [0, 0.1) is 0 Å². The van der Waals surface area contributed by atoms with Gasteiger partial charge in [0.05, 0.1) is 6.33 Å². The van der Waals surface area contributed by atoms with E-state index in [0.717, 1.165) is 49.6 Å². The Morgan fingerprint density at radius 2 is 2.24 bits per heavy atom. The molecule has 7 nitrogen and oxygen atoms in total. The lowest BCUT2D eigenvalue weighted by atomic mass is 10.2. The number of aromatic amines is 1. The smallest absolute Gasteiger partial charge is 0.226 e. The molecule has 1 fully saturated rings. The molecule has 1 aliphatic rings. The average molecular weight is 289 g/mol. The van der Waals surface area contributed by atoms with E-state index in [0.29, 0.717) is 12.0 Å². The summed E-state index contributed by atoms with van der Waals surface area (Å²) < 4.78 is 0. The average Bonchev–Trinajstić information content (AvgIpc) is 2.93. The van der Waals surface area contributed by atoms with Gasteiger partial charge in [0.25, 0.3) is 0 Å². The fourth-order valence-electron chi connectivity index (χ4n) is 2.80. The van der Waals surface area contributed by atoms with Gasteiger partial charge >= 0.3 is 0 Å². The topological polar surface area (TPSA) is 73.0 Å². The lowest BCUT2D eigenvalue weighted by molar-refractivity contribution is 0.275. The van der Waals surface area contributed by atoms with Crippen molar-refractivity contribution in [1.82, 2.24) is 24.8 Å². The fraction of sp³-hybridized carbons (Fsp3) is 0.643. The summed E-state index contributed by atoms with van der Waals surface area (Å²) in [6.07, 6.45) is 2.73. The lowest BCUT2D eigenvalue weighted by Crippen LogP contribution is -2.51. The van der Waals surface area contributed by atoms with Gasteiger partial charge in [-0.3, -0.25) is 0 Å². The third-order valence-corrected chi connectivity index (χ3v) is 3.90. The van der Waals surface area contributed by atoms with E-state index in [2.05, 4.69) is 51.0 Å². The molecule has 2 aromatic rings. The minimum Gasteiger partial charge on any atom is -0.354 e. The van der Waals surface area contributed by atoms with Crippen molar-refractivity contribution in [3.05, 3.63) is 6.33 Å². The largest absolute Gasteiger partial charge is 0.354 e. The Bertz CT molecular complexity index is 608. The van der Waals surface area contributed by atoms with Crippen LogP contribution in [0.5, 0.6) is 0 Å². The number of piperazine rings is 1. The number of fused-ring (bicyclic) bond motifs is 1. The van der Waals surface area contributed by atoms with Gasteiger partial charge in [0, 0.05) is 32.2 Å². The Labute approximate surface area is 124 Å². The number of anilines is 2. The van der Waals surface area contributed by atoms with E-state index in [-0.39, 0.29) is 0 Å². The summed E-state index contributed by atoms with van der Waals surface area (Å²) in [5, 5.41) is 3.27. The molecule has 21 heavy (non-hydrogen) atoms. The van der Waals surface area contributed by atoms with Gasteiger partial charge in [-0.15, -0.1) is 0 Å². The van der Waals surface area contributed by atoms with E-state index < -0.39 is 0 Å². The molecule has 7 heteroatoms. The monoisotopic (exact) mass is 289 g/mol. The van der Waals surface area contributed by atoms with E-state index in [1.807, 2.05) is 0 Å². The number of hydrogen-bond donors (Lipinski definition) is 2. The Balaban J connectivity index is 1.97. The van der Waals surface area contributed by atoms with Crippen LogP contribution >= 0.6 is 0 Å². The second-order valence-corrected chi connectivity index (χ2v) is 5.70. The first kappa shape index (κ1) is 14.1. The number of hydrogen-bond acceptors (Lipinski definition) is 6. The third kappa shape index (κ3) is 2.78. The number of imidazole rings is 1. The standard InChI is InChI=1S/C14H23N7/c1-4-5-15-14-18-12-11(16-9-17-12)13(19-14)21-7-6-20(3)8-10(21)2/h9-10H,4-8H2,1-3H3,(H2,15,16,17,18,19). The van der Waals surface area contributed by atoms with Gasteiger partial charge < -0.3 is 20.1 Å². The van der Waals surface area contributed by atoms with Gasteiger partial charge in [0.2, 0.25) is 5.95 Å². The molecule has 0 saturated carbocycles. The number of rotatable bonds is 4. The lowest BCUT2D eigenvalue weighted by Gasteiger charge is -2.39. The zero-order valence-corrected chi connectivity index (χ0v) is 12.9. The number of aromatic nitrogens is 4. The van der Waals surface area contributed by atoms with E-state index >= 15 is 0 Å². The highest BCUT2D eigenvalue weighted by Gasteiger charge is 2.25. The molecule has 0 aliphatic carbocycles. The highest BCUT2D eigenvalue weighted by Crippen LogP contribution is 2.25. The van der Waals surface area contributed by atoms with Crippen molar-refractivity contribution in [2.75, 3.05) is 43.4 Å². The minimum atomic E-state index is 0.421. The molecule has 2 aromatic heterocycles. The summed E-state index contributed by atoms with van der Waals surface area (Å²) >= 11 is 0. The predicted molar refractivity (Wildman–Crippen MR) is 84.8 cm³/mol. The van der Waals surface area contributed by atoms with E-state index in [4.69, 9.17) is 4.98 Å². The quantitative estimate of drug-likeness (QED) is 0.884. The first-order valence-electron chi connectivity index (χ1n) is 7.59. The molecule has 1 aliphatic heterocycles. The second kappa shape index (κ2) is 5.85. The summed E-state index contributed by atoms with van der Waals surface area (Å²) in [6, 6.07) is 0.421. The van der Waals surface area contributed by atoms with Crippen molar-refractivity contribution >= 4 is 22.9 Å². The van der Waals surface area contributed by atoms with E-state index in [1.165, 1.54) is 0 Å². The normalized spacial score (nSPS) is 20.1. The van der Waals surface area contributed by atoms with E-state index in [1.54, 1.807) is 6.33 Å². The van der Waals surface area contributed by atoms with Crippen LogP contribution < -0.4 is 10.2 Å². The number of H-pyrrole nitrogens is 1. The van der Waals surface area contributed by atoms with Crippen molar-refractivity contribution < 1.29 is 0 Å². The Morgan fingerprint density at radius 1 is 1.38 bits per heavy atom. The van der Waals surface area contributed by atoms with Crippen molar-refractivity contribution in [2.24, 2.45) is 0 Å². The van der Waals surface area contributed by atoms with Crippen LogP contribution in [-0.2, 0) is 0 Å². The molecular weight excluding hydrogens is 266 g/mol. The molecule has 0 aromatic carbocycles. The molecule has 0 spiro atoms. The maximum absolute atomic E-state index is 4.72. The molecule has 2 N–H and O–H groups in total. The maximum atomic E-state index is 4.72. The molecule has 114 valence electrons. The summed E-state index contributed by atoms with van der Waals surface area (Å²) in [6.45, 7) is 8.28. The van der Waals surface area contributed by atoms with Crippen molar-refractivity contribution in [1.29, 1.82) is 0 Å². The van der Waals surface area contributed by atoms with Gasteiger partial charge in [-0.1, -0.05) is 6.92 Å². The first-order chi connectivity index (χ1) is 10.2. The van der Waals surface area contributed by atoms with Crippen LogP contribution in [0.4, 0.5) is 11.8 Å². The van der Waals surface area contributed by atoms with Crippen LogP contribution in [0.15, 0.2) is 6.33 Å². The van der Waals surface area contributed by atoms with Gasteiger partial charge in [0.1, 0.15) is 5.52 Å². The molecule has 3 heterocycles. The highest BCUT2D eigenvalue weighted by molar-refractivity contribution is 5.84. The predicted octanol–water partition coefficient (Wildman–Crippen LogP) is 1.32. The molecule has 1 atom stereocenters. The Hall–Kier alpha value is -1.89. The molecule has 1 unspecified atom stereocenters. The fourth-order valence-corrected chi connectivity index (χ4v) is 2.80. The SMILES string of the molecule is CCCNc1nc(N2CCN(C)CC2C)c2[nH]cnc2n1. The highest BCUT2D eigenvalue weighted by atomic mass is 15.3. The van der Waals surface area contributed by atoms with Gasteiger partial charge in [0.15, 0.2) is 11.5 Å². The summed E-state index contributed by atoms with van der Waals surface area (Å²) in [4.78, 5) is 21.4. The number of nitrogens with one attached hydrogen (secondary N) is 2. The zero-order chi connectivity index (χ0) is 14.8. The summed E-state index contributed by atoms with van der Waals surface area (Å²) in [5.74, 6) is 1.62. The van der Waals surface area contributed by atoms with Crippen molar-refractivity contribution in [2.45, 2.75) is 26.3 Å². The van der Waals surface area contributed by atoms with Crippen LogP contribution in [-0.4, -0.2) is 64.1 Å². The molecular formula is C14H23N7. The Morgan fingerprint density at radius 3 is 3.00 bits per heavy atom. The number of nitrogens with zero attached hydrogens (tertiary/aromatic N) is 5. The Kier molecular flexibility index (Phi) is 3.92. The first-order valence-corrected chi connectivity index (χ1v) is 7.59. The molecule has 0 amide bonds. The molecule has 0 radical (unpaired) electrons. The van der Waals surface area contributed by atoms with Crippen LogP contribution in [0.3, 0.4) is 0 Å². The summed E-state index contributed by atoms with van der Waals surface area (Å²) in [7, 11) is 2.16. The molecule has 1 saturated heterocycles. The molecule has 0 bridgehead atoms. The zero-order valence-electron chi connectivity index (χ0n) is 12.9. The van der Waals surface area contributed by atoms with Crippen LogP contribution in [0.2, 0.25) is 0 Å². The van der Waals surface area contributed by atoms with Gasteiger partial charge in [-0.05, 0) is 20.4 Å². The minimum absolute atomic E-state index is 0.421. The van der Waals surface area contributed by atoms with Crippen LogP contribution in [0.1, 0.15) is 20.3 Å². The van der Waals surface area contributed by atoms with Gasteiger partial charge in [-0.25, -0.2) is 4.98 Å². The van der Waals surface area contributed by atoms with Gasteiger partial charge in [-0.2, -0.15) is 9.97 Å². The van der Waals surface area contributed by atoms with Crippen molar-refractivity contribution in [3.8, 4) is 0 Å². The number of likely N-dealkylation sites (N-methyl/N-ethyl adjacent to an activating group) is 1. The van der Waals surface area contributed by atoms with Crippen LogP contribution in [0.25, 0.3) is 11.2 Å². The maximum Gasteiger partial charge on any atom is 0.226 e. The van der Waals surface area contributed by atoms with E-state index in [9.17, 15) is 0 Å². The molecule has 3 rings (SSSR count).